The van der Waals surface area contributed by atoms with Crippen LogP contribution in [0.2, 0.25) is 0 Å². The zero-order chi connectivity index (χ0) is 24.0. The molecular weight excluding hydrogens is 447 g/mol. The number of nitrogens with one attached hydrogen (secondary N) is 1. The minimum absolute atomic E-state index is 0.00627. The third-order valence-electron chi connectivity index (χ3n) is 4.70. The van der Waals surface area contributed by atoms with E-state index < -0.39 is 7.60 Å². The van der Waals surface area contributed by atoms with Gasteiger partial charge < -0.3 is 31.1 Å². The summed E-state index contributed by atoms with van der Waals surface area (Å²) in [4.78, 5) is 40.5. The van der Waals surface area contributed by atoms with E-state index in [9.17, 15) is 14.3 Å². The molecule has 0 fully saturated rings. The van der Waals surface area contributed by atoms with Gasteiger partial charge in [0.2, 0.25) is 5.95 Å². The van der Waals surface area contributed by atoms with E-state index >= 15 is 0 Å². The second-order valence-corrected chi connectivity index (χ2v) is 9.27. The summed E-state index contributed by atoms with van der Waals surface area (Å²) in [5, 5.41) is 2.74. The van der Waals surface area contributed by atoms with Gasteiger partial charge in [-0.05, 0) is 37.6 Å². The smallest absolute Gasteiger partial charge is 0.328 e. The number of fused-ring (bicyclic) bond motifs is 1. The number of benzene rings is 1. The average molecular weight is 474 g/mol. The van der Waals surface area contributed by atoms with Crippen LogP contribution < -0.4 is 21.7 Å². The number of nitrogens with two attached hydrogens (primary N) is 2. The zero-order valence-corrected chi connectivity index (χ0v) is 19.3. The largest absolute Gasteiger partial charge is 0.382 e. The van der Waals surface area contributed by atoms with E-state index in [1.54, 1.807) is 25.3 Å². The third kappa shape index (κ3) is 6.58. The minimum Gasteiger partial charge on any atom is -0.382 e. The molecular formula is C20H27N8O4P. The van der Waals surface area contributed by atoms with E-state index in [0.717, 1.165) is 5.69 Å². The molecule has 0 saturated carbocycles. The van der Waals surface area contributed by atoms with Crippen molar-refractivity contribution in [1.29, 1.82) is 0 Å². The first-order valence-corrected chi connectivity index (χ1v) is 12.0. The highest BCUT2D eigenvalue weighted by Crippen LogP contribution is 2.41. The first kappa shape index (κ1) is 24.3. The van der Waals surface area contributed by atoms with Crippen LogP contribution in [0.5, 0.6) is 0 Å². The number of nitrogen functional groups attached to an aromatic ring is 2. The van der Waals surface area contributed by atoms with Gasteiger partial charge in [0.1, 0.15) is 0 Å². The van der Waals surface area contributed by atoms with Gasteiger partial charge in [-0.2, -0.15) is 9.97 Å². The fraction of sp³-hybridized carbons (Fsp3) is 0.350. The number of carbonyl (C=O) groups is 1. The number of hydrogen-bond acceptors (Lipinski definition) is 10. The molecule has 0 spiro atoms. The summed E-state index contributed by atoms with van der Waals surface area (Å²) in [6.45, 7) is 2.55. The summed E-state index contributed by atoms with van der Waals surface area (Å²) >= 11 is 0. The Balaban J connectivity index is 1.56. The standard InChI is InChI=1S/C20H27N8O4P/c1-3-32-33(30,31)10-4-9-23-19(29)13-5-7-15(8-6-13)28(2)12-14-11-24-18-16(25-14)17(21)26-20(22)27-18/h5-8,11H,3-4,9-10,12H2,1-2H3,(H,23,29)(H,30,31)(H4,21,22,24,26,27). The fourth-order valence-electron chi connectivity index (χ4n) is 3.11. The van der Waals surface area contributed by atoms with E-state index in [1.165, 1.54) is 0 Å². The van der Waals surface area contributed by atoms with Crippen LogP contribution >= 0.6 is 7.60 Å². The fourth-order valence-corrected chi connectivity index (χ4v) is 4.20. The van der Waals surface area contributed by atoms with Crippen molar-refractivity contribution in [2.45, 2.75) is 19.9 Å². The molecule has 0 aliphatic heterocycles. The summed E-state index contributed by atoms with van der Waals surface area (Å²) in [5.41, 5.74) is 14.2. The molecule has 0 bridgehead atoms. The van der Waals surface area contributed by atoms with Gasteiger partial charge >= 0.3 is 7.60 Å². The molecule has 2 aromatic heterocycles. The lowest BCUT2D eigenvalue weighted by Gasteiger charge is -2.19. The van der Waals surface area contributed by atoms with Crippen molar-refractivity contribution >= 4 is 42.1 Å². The number of anilines is 3. The molecule has 0 aliphatic carbocycles. The maximum Gasteiger partial charge on any atom is 0.328 e. The summed E-state index contributed by atoms with van der Waals surface area (Å²) in [6.07, 6.45) is 1.94. The van der Waals surface area contributed by atoms with Gasteiger partial charge in [-0.25, -0.2) is 9.97 Å². The number of carbonyl (C=O) groups excluding carboxylic acids is 1. The molecule has 0 radical (unpaired) electrons. The summed E-state index contributed by atoms with van der Waals surface area (Å²) < 4.78 is 16.4. The van der Waals surface area contributed by atoms with Crippen molar-refractivity contribution in [3.05, 3.63) is 41.7 Å². The SMILES string of the molecule is CCOP(=O)(O)CCCNC(=O)c1ccc(N(C)Cc2cnc3nc(N)nc(N)c3n2)cc1. The molecule has 0 aliphatic rings. The monoisotopic (exact) mass is 474 g/mol. The molecule has 1 unspecified atom stereocenters. The maximum absolute atomic E-state index is 12.3. The van der Waals surface area contributed by atoms with Crippen molar-refractivity contribution in [3.63, 3.8) is 0 Å². The number of hydrogen-bond donors (Lipinski definition) is 4. The van der Waals surface area contributed by atoms with E-state index in [2.05, 4.69) is 25.3 Å². The van der Waals surface area contributed by atoms with Crippen LogP contribution in [-0.2, 0) is 15.6 Å². The third-order valence-corrected chi connectivity index (χ3v) is 6.25. The molecule has 3 aromatic rings. The second-order valence-electron chi connectivity index (χ2n) is 7.29. The average Bonchev–Trinajstić information content (AvgIpc) is 2.77. The van der Waals surface area contributed by atoms with Crippen LogP contribution in [0.4, 0.5) is 17.5 Å². The Morgan fingerprint density at radius 2 is 1.94 bits per heavy atom. The Morgan fingerprint density at radius 3 is 2.64 bits per heavy atom. The molecule has 3 rings (SSSR count). The van der Waals surface area contributed by atoms with Crippen molar-refractivity contribution < 1.29 is 18.8 Å². The van der Waals surface area contributed by atoms with Crippen LogP contribution in [0.1, 0.15) is 29.4 Å². The van der Waals surface area contributed by atoms with Gasteiger partial charge in [0.25, 0.3) is 5.91 Å². The molecule has 13 heteroatoms. The van der Waals surface area contributed by atoms with Crippen molar-refractivity contribution in [2.24, 2.45) is 0 Å². The Morgan fingerprint density at radius 1 is 1.21 bits per heavy atom. The highest BCUT2D eigenvalue weighted by atomic mass is 31.2. The summed E-state index contributed by atoms with van der Waals surface area (Å²) in [5.74, 6) is -0.0460. The minimum atomic E-state index is -3.58. The normalized spacial score (nSPS) is 12.9. The Bertz CT molecular complexity index is 1170. The van der Waals surface area contributed by atoms with E-state index in [4.69, 9.17) is 16.0 Å². The maximum atomic E-state index is 12.3. The Kier molecular flexibility index (Phi) is 7.75. The highest BCUT2D eigenvalue weighted by Gasteiger charge is 2.17. The van der Waals surface area contributed by atoms with Gasteiger partial charge in [0, 0.05) is 24.8 Å². The lowest BCUT2D eigenvalue weighted by atomic mass is 10.2. The Hall–Kier alpha value is -3.34. The number of rotatable bonds is 10. The van der Waals surface area contributed by atoms with Crippen LogP contribution in [0.15, 0.2) is 30.5 Å². The van der Waals surface area contributed by atoms with Crippen LogP contribution in [0.25, 0.3) is 11.2 Å². The van der Waals surface area contributed by atoms with Gasteiger partial charge in [-0.15, -0.1) is 0 Å². The van der Waals surface area contributed by atoms with E-state index in [1.807, 2.05) is 24.1 Å². The van der Waals surface area contributed by atoms with Gasteiger partial charge in [-0.1, -0.05) is 0 Å². The molecule has 33 heavy (non-hydrogen) atoms. The molecule has 6 N–H and O–H groups in total. The van der Waals surface area contributed by atoms with Crippen molar-refractivity contribution in [3.8, 4) is 0 Å². The van der Waals surface area contributed by atoms with Gasteiger partial charge in [0.05, 0.1) is 31.2 Å². The lowest BCUT2D eigenvalue weighted by Crippen LogP contribution is -2.25. The van der Waals surface area contributed by atoms with Gasteiger partial charge in [-0.3, -0.25) is 9.36 Å². The molecule has 2 heterocycles. The Labute approximate surface area is 190 Å². The molecule has 176 valence electrons. The van der Waals surface area contributed by atoms with E-state index in [0.29, 0.717) is 35.4 Å². The van der Waals surface area contributed by atoms with Crippen LogP contribution in [-0.4, -0.2) is 57.1 Å². The van der Waals surface area contributed by atoms with Crippen LogP contribution in [0, 0.1) is 0 Å². The van der Waals surface area contributed by atoms with Gasteiger partial charge in [0.15, 0.2) is 17.0 Å². The predicted octanol–water partition coefficient (Wildman–Crippen LogP) is 1.56. The summed E-state index contributed by atoms with van der Waals surface area (Å²) in [6, 6.07) is 7.05. The first-order chi connectivity index (χ1) is 15.7. The number of aromatic nitrogens is 4. The molecule has 1 atom stereocenters. The molecule has 0 saturated heterocycles. The molecule has 1 amide bonds. The van der Waals surface area contributed by atoms with E-state index in [-0.39, 0.29) is 37.0 Å². The molecule has 12 nitrogen and oxygen atoms in total. The first-order valence-electron chi connectivity index (χ1n) is 10.3. The topological polar surface area (TPSA) is 182 Å². The van der Waals surface area contributed by atoms with Crippen molar-refractivity contribution in [1.82, 2.24) is 25.3 Å². The number of nitrogens with zero attached hydrogens (tertiary/aromatic N) is 5. The quantitative estimate of drug-likeness (QED) is 0.247. The zero-order valence-electron chi connectivity index (χ0n) is 18.4. The van der Waals surface area contributed by atoms with Crippen molar-refractivity contribution in [2.75, 3.05) is 42.7 Å². The molecule has 1 aromatic carbocycles. The highest BCUT2D eigenvalue weighted by molar-refractivity contribution is 7.52. The second kappa shape index (κ2) is 10.5. The summed E-state index contributed by atoms with van der Waals surface area (Å²) in [7, 11) is -1.69. The lowest BCUT2D eigenvalue weighted by molar-refractivity contribution is 0.0953. The van der Waals surface area contributed by atoms with Crippen LogP contribution in [0.3, 0.4) is 0 Å². The predicted molar refractivity (Wildman–Crippen MR) is 126 cm³/mol. The number of amides is 1.